The lowest BCUT2D eigenvalue weighted by Gasteiger charge is -2.11. The number of nitrogens with zero attached hydrogens (tertiary/aromatic N) is 2. The SMILES string of the molecule is c1ccc2cc(-n3c4ccc(-c5ccc6c(c5)c5cc7c(cc5n6-c5ccc6ccccc6c5)sc5ccccc57)cc4c4cc5c(cc43)sc3ccccc35)ccc2c1. The highest BCUT2D eigenvalue weighted by Crippen LogP contribution is 2.44. The molecular formula is C56H32N2S2. The molecule has 14 aromatic rings. The predicted octanol–water partition coefficient (Wildman–Crippen LogP) is 16.6. The second-order valence-corrected chi connectivity index (χ2v) is 18.3. The molecule has 278 valence electrons. The number of hydrogen-bond acceptors (Lipinski definition) is 2. The molecule has 4 aromatic heterocycles. The largest absolute Gasteiger partial charge is 0.309 e. The van der Waals surface area contributed by atoms with Gasteiger partial charge in [0, 0.05) is 73.3 Å². The van der Waals surface area contributed by atoms with Gasteiger partial charge < -0.3 is 9.13 Å². The molecule has 0 unspecified atom stereocenters. The number of hydrogen-bond donors (Lipinski definition) is 0. The Morgan fingerprint density at radius 2 is 0.667 bits per heavy atom. The summed E-state index contributed by atoms with van der Waals surface area (Å²) in [6, 6.07) is 72.6. The van der Waals surface area contributed by atoms with Crippen LogP contribution in [0.3, 0.4) is 0 Å². The molecule has 0 aliphatic heterocycles. The minimum atomic E-state index is 1.18. The number of benzene rings is 10. The molecule has 0 aliphatic carbocycles. The Labute approximate surface area is 352 Å². The van der Waals surface area contributed by atoms with Crippen molar-refractivity contribution in [1.82, 2.24) is 9.13 Å². The fourth-order valence-corrected chi connectivity index (χ4v) is 12.3. The summed E-state index contributed by atoms with van der Waals surface area (Å²) in [4.78, 5) is 0. The Kier molecular flexibility index (Phi) is 6.62. The maximum atomic E-state index is 2.47. The minimum Gasteiger partial charge on any atom is -0.309 e. The zero-order valence-corrected chi connectivity index (χ0v) is 33.8. The van der Waals surface area contributed by atoms with Gasteiger partial charge in [-0.05, 0) is 118 Å². The molecule has 0 radical (unpaired) electrons. The molecule has 0 saturated carbocycles. The van der Waals surface area contributed by atoms with Crippen molar-refractivity contribution in [1.29, 1.82) is 0 Å². The van der Waals surface area contributed by atoms with E-state index in [1.54, 1.807) is 0 Å². The number of fused-ring (bicyclic) bond motifs is 14. The van der Waals surface area contributed by atoms with E-state index in [1.807, 2.05) is 22.7 Å². The normalized spacial score (nSPS) is 12.3. The van der Waals surface area contributed by atoms with Crippen molar-refractivity contribution in [3.8, 4) is 22.5 Å². The Bertz CT molecular complexity index is 3870. The third-order valence-corrected chi connectivity index (χ3v) is 15.1. The molecule has 14 rings (SSSR count). The first-order chi connectivity index (χ1) is 29.7. The van der Waals surface area contributed by atoms with Crippen molar-refractivity contribution in [2.45, 2.75) is 0 Å². The first kappa shape index (κ1) is 32.7. The Balaban J connectivity index is 1.03. The van der Waals surface area contributed by atoms with Crippen LogP contribution < -0.4 is 0 Å². The summed E-state index contributed by atoms with van der Waals surface area (Å²) in [6.07, 6.45) is 0. The molecule has 60 heavy (non-hydrogen) atoms. The maximum absolute atomic E-state index is 2.47. The quantitative estimate of drug-likeness (QED) is 0.169. The van der Waals surface area contributed by atoms with Gasteiger partial charge in [0.1, 0.15) is 0 Å². The van der Waals surface area contributed by atoms with E-state index in [0.717, 1.165) is 0 Å². The Hall–Kier alpha value is -7.24. The molecule has 0 fully saturated rings. The van der Waals surface area contributed by atoms with Gasteiger partial charge in [0.05, 0.1) is 22.1 Å². The van der Waals surface area contributed by atoms with Gasteiger partial charge >= 0.3 is 0 Å². The summed E-state index contributed by atoms with van der Waals surface area (Å²) in [6.45, 7) is 0. The van der Waals surface area contributed by atoms with E-state index in [-0.39, 0.29) is 0 Å². The lowest BCUT2D eigenvalue weighted by Crippen LogP contribution is -1.94. The third-order valence-electron chi connectivity index (χ3n) is 12.8. The van der Waals surface area contributed by atoms with Gasteiger partial charge in [0.25, 0.3) is 0 Å². The van der Waals surface area contributed by atoms with Crippen LogP contribution in [0.15, 0.2) is 194 Å². The molecule has 0 bridgehead atoms. The summed E-state index contributed by atoms with van der Waals surface area (Å²) in [5.74, 6) is 0. The molecule has 0 amide bonds. The highest BCUT2D eigenvalue weighted by molar-refractivity contribution is 7.26. The highest BCUT2D eigenvalue weighted by Gasteiger charge is 2.20. The zero-order chi connectivity index (χ0) is 39.1. The Morgan fingerprint density at radius 3 is 1.15 bits per heavy atom. The highest BCUT2D eigenvalue weighted by atomic mass is 32.1. The van der Waals surface area contributed by atoms with Crippen molar-refractivity contribution in [3.05, 3.63) is 194 Å². The van der Waals surface area contributed by atoms with E-state index in [2.05, 4.69) is 203 Å². The van der Waals surface area contributed by atoms with E-state index in [0.29, 0.717) is 0 Å². The van der Waals surface area contributed by atoms with Gasteiger partial charge in [-0.25, -0.2) is 0 Å². The van der Waals surface area contributed by atoms with Crippen molar-refractivity contribution < 1.29 is 0 Å². The van der Waals surface area contributed by atoms with Crippen LogP contribution in [0.5, 0.6) is 0 Å². The van der Waals surface area contributed by atoms with Gasteiger partial charge in [-0.15, -0.1) is 22.7 Å². The average Bonchev–Trinajstić information content (AvgIpc) is 4.03. The lowest BCUT2D eigenvalue weighted by atomic mass is 10.00. The zero-order valence-electron chi connectivity index (χ0n) is 32.2. The van der Waals surface area contributed by atoms with Crippen molar-refractivity contribution in [3.63, 3.8) is 0 Å². The Morgan fingerprint density at radius 1 is 0.250 bits per heavy atom. The van der Waals surface area contributed by atoms with E-state index in [4.69, 9.17) is 0 Å². The van der Waals surface area contributed by atoms with E-state index >= 15 is 0 Å². The molecule has 2 nitrogen and oxygen atoms in total. The second-order valence-electron chi connectivity index (χ2n) is 16.1. The van der Waals surface area contributed by atoms with Gasteiger partial charge in [0.2, 0.25) is 0 Å². The van der Waals surface area contributed by atoms with Crippen LogP contribution in [0.1, 0.15) is 0 Å². The molecule has 4 heteroatoms. The van der Waals surface area contributed by atoms with Crippen LogP contribution in [0.25, 0.3) is 128 Å². The van der Waals surface area contributed by atoms with E-state index < -0.39 is 0 Å². The van der Waals surface area contributed by atoms with E-state index in [1.165, 1.54) is 128 Å². The summed E-state index contributed by atoms with van der Waals surface area (Å²) in [5, 5.41) is 15.3. The van der Waals surface area contributed by atoms with Crippen LogP contribution in [-0.4, -0.2) is 9.13 Å². The van der Waals surface area contributed by atoms with E-state index in [9.17, 15) is 0 Å². The van der Waals surface area contributed by atoms with Crippen LogP contribution in [0.2, 0.25) is 0 Å². The fourth-order valence-electron chi connectivity index (χ4n) is 10.0. The number of rotatable bonds is 3. The number of aromatic nitrogens is 2. The second kappa shape index (κ2) is 12.2. The molecule has 0 N–H and O–H groups in total. The summed E-state index contributed by atoms with van der Waals surface area (Å²) < 4.78 is 10.2. The van der Waals surface area contributed by atoms with Crippen LogP contribution in [-0.2, 0) is 0 Å². The summed E-state index contributed by atoms with van der Waals surface area (Å²) >= 11 is 3.76. The summed E-state index contributed by atoms with van der Waals surface area (Å²) in [5.41, 5.74) is 9.68. The summed E-state index contributed by atoms with van der Waals surface area (Å²) in [7, 11) is 0. The molecule has 0 saturated heterocycles. The first-order valence-electron chi connectivity index (χ1n) is 20.5. The van der Waals surface area contributed by atoms with Gasteiger partial charge in [0.15, 0.2) is 0 Å². The molecule has 4 heterocycles. The molecule has 10 aromatic carbocycles. The molecule has 0 aliphatic rings. The van der Waals surface area contributed by atoms with Gasteiger partial charge in [-0.1, -0.05) is 109 Å². The van der Waals surface area contributed by atoms with Crippen molar-refractivity contribution in [2.75, 3.05) is 0 Å². The fraction of sp³-hybridized carbons (Fsp3) is 0. The number of thiophene rings is 2. The first-order valence-corrected chi connectivity index (χ1v) is 22.1. The van der Waals surface area contributed by atoms with Gasteiger partial charge in [-0.3, -0.25) is 0 Å². The van der Waals surface area contributed by atoms with Crippen molar-refractivity contribution >= 4 is 128 Å². The predicted molar refractivity (Wildman–Crippen MR) is 261 cm³/mol. The van der Waals surface area contributed by atoms with Crippen molar-refractivity contribution in [2.24, 2.45) is 0 Å². The maximum Gasteiger partial charge on any atom is 0.0555 e. The molecular weight excluding hydrogens is 765 g/mol. The average molecular weight is 797 g/mol. The smallest absolute Gasteiger partial charge is 0.0555 e. The molecule has 0 spiro atoms. The van der Waals surface area contributed by atoms with Crippen LogP contribution in [0.4, 0.5) is 0 Å². The van der Waals surface area contributed by atoms with Gasteiger partial charge in [-0.2, -0.15) is 0 Å². The topological polar surface area (TPSA) is 9.86 Å². The monoisotopic (exact) mass is 796 g/mol. The standard InChI is InChI=1S/C56H32N2S2/c1-3-11-35-25-39(21-17-33(35)9-1)57-49-23-19-37(27-43(49)45-29-47-41-13-5-7-15-53(41)59-55(47)31-51(45)57)38-20-24-50-44(28-38)46-30-48-42-14-6-8-16-54(42)60-56(48)32-52(46)58(50)40-22-18-34-10-2-4-12-36(34)26-40/h1-32H. The van der Waals surface area contributed by atoms with Crippen LogP contribution >= 0.6 is 22.7 Å². The molecule has 0 atom stereocenters. The third kappa shape index (κ3) is 4.63. The van der Waals surface area contributed by atoms with Crippen LogP contribution in [0, 0.1) is 0 Å². The lowest BCUT2D eigenvalue weighted by molar-refractivity contribution is 1.19. The minimum absolute atomic E-state index is 1.18.